The molecule has 3 aromatic carbocycles. The Balaban J connectivity index is 1.70. The first kappa shape index (κ1) is 24.6. The first-order valence-electron chi connectivity index (χ1n) is 11.0. The maximum absolute atomic E-state index is 13.2. The number of carbonyl (C=O) groups excluding carboxylic acids is 1. The normalized spacial score (nSPS) is 14.1. The number of carbonyl (C=O) groups is 1. The quantitative estimate of drug-likeness (QED) is 0.174. The summed E-state index contributed by atoms with van der Waals surface area (Å²) in [6, 6.07) is 24.4. The molecule has 0 saturated carbocycles. The van der Waals surface area contributed by atoms with Crippen LogP contribution in [0.2, 0.25) is 0 Å². The molecule has 0 aliphatic rings. The van der Waals surface area contributed by atoms with Gasteiger partial charge in [-0.3, -0.25) is 0 Å². The zero-order valence-electron chi connectivity index (χ0n) is 18.7. The summed E-state index contributed by atoms with van der Waals surface area (Å²) in [5.74, 6) is -0.410. The van der Waals surface area contributed by atoms with E-state index in [1.165, 1.54) is 5.39 Å². The second-order valence-electron chi connectivity index (χ2n) is 7.65. The predicted octanol–water partition coefficient (Wildman–Crippen LogP) is 6.42. The van der Waals surface area contributed by atoms with E-state index in [4.69, 9.17) is 9.47 Å². The number of ether oxygens (including phenoxy) is 2. The molecule has 0 fully saturated rings. The van der Waals surface area contributed by atoms with Gasteiger partial charge in [0.15, 0.2) is 5.60 Å². The highest BCUT2D eigenvalue weighted by atomic mass is 32.2. The molecular weight excluding hydrogens is 439 g/mol. The molecule has 2 atom stereocenters. The summed E-state index contributed by atoms with van der Waals surface area (Å²) in [4.78, 5) is 14.0. The summed E-state index contributed by atoms with van der Waals surface area (Å²) >= 11 is 1.57. The lowest BCUT2D eigenvalue weighted by Crippen LogP contribution is -2.46. The minimum atomic E-state index is -2.10. The first-order chi connectivity index (χ1) is 15.6. The molecule has 0 aliphatic carbocycles. The van der Waals surface area contributed by atoms with Gasteiger partial charge in [0.25, 0.3) is 0 Å². The van der Waals surface area contributed by atoms with Gasteiger partial charge in [0.1, 0.15) is 0 Å². The van der Waals surface area contributed by atoms with Gasteiger partial charge in [0.05, 0.1) is 14.4 Å². The maximum atomic E-state index is 13.2. The monoisotopic (exact) mass is 470 g/mol. The van der Waals surface area contributed by atoms with Crippen molar-refractivity contribution in [2.75, 3.05) is 24.9 Å². The lowest BCUT2D eigenvalue weighted by Gasteiger charge is -2.31. The maximum Gasteiger partial charge on any atom is 0.338 e. The average Bonchev–Trinajstić information content (AvgIpc) is 2.82. The van der Waals surface area contributed by atoms with Gasteiger partial charge in [0.2, 0.25) is 0 Å². The van der Waals surface area contributed by atoms with Gasteiger partial charge in [0, 0.05) is 23.2 Å². The molecule has 0 radical (unpaired) electrons. The van der Waals surface area contributed by atoms with Gasteiger partial charge in [-0.2, -0.15) is 0 Å². The number of fused-ring (bicyclic) bond motifs is 1. The van der Waals surface area contributed by atoms with Crippen LogP contribution < -0.4 is 0 Å². The molecule has 2 unspecified atom stereocenters. The fourth-order valence-electron chi connectivity index (χ4n) is 3.77. The van der Waals surface area contributed by atoms with Crippen LogP contribution in [0.25, 0.3) is 10.8 Å². The molecule has 32 heavy (non-hydrogen) atoms. The van der Waals surface area contributed by atoms with Crippen molar-refractivity contribution in [2.45, 2.75) is 37.2 Å². The van der Waals surface area contributed by atoms with Gasteiger partial charge >= 0.3 is 5.97 Å². The van der Waals surface area contributed by atoms with Gasteiger partial charge in [-0.15, -0.1) is 11.8 Å². The van der Waals surface area contributed by atoms with E-state index in [1.54, 1.807) is 18.7 Å². The van der Waals surface area contributed by atoms with Crippen LogP contribution in [0.3, 0.4) is 0 Å². The van der Waals surface area contributed by atoms with E-state index in [-0.39, 0.29) is 12.8 Å². The fraction of sp³-hybridized carbons (Fsp3) is 0.346. The van der Waals surface area contributed by atoms with Crippen LogP contribution in [-0.2, 0) is 25.3 Å². The van der Waals surface area contributed by atoms with Crippen molar-refractivity contribution in [3.05, 3.63) is 78.4 Å². The molecule has 0 amide bonds. The summed E-state index contributed by atoms with van der Waals surface area (Å²) in [5, 5.41) is 2.35. The lowest BCUT2D eigenvalue weighted by atomic mass is 9.96. The van der Waals surface area contributed by atoms with Crippen LogP contribution in [-0.4, -0.2) is 36.4 Å². The number of esters is 1. The summed E-state index contributed by atoms with van der Waals surface area (Å²) in [6.07, 6.45) is 1.30. The molecule has 0 saturated heterocycles. The Labute approximate surface area is 195 Å². The Kier molecular flexibility index (Phi) is 9.40. The smallest absolute Gasteiger partial charge is 0.338 e. The van der Waals surface area contributed by atoms with Crippen molar-refractivity contribution in [3.63, 3.8) is 0 Å². The van der Waals surface area contributed by atoms with Crippen molar-refractivity contribution in [1.29, 1.82) is 0 Å². The molecule has 0 aromatic heterocycles. The van der Waals surface area contributed by atoms with Crippen LogP contribution in [0.1, 0.15) is 25.8 Å². The van der Waals surface area contributed by atoms with Crippen LogP contribution in [0.15, 0.2) is 77.7 Å². The second-order valence-corrected chi connectivity index (χ2v) is 11.0. The molecule has 3 aromatic rings. The van der Waals surface area contributed by atoms with Gasteiger partial charge in [-0.25, -0.2) is 4.79 Å². The minimum Gasteiger partial charge on any atom is -0.464 e. The molecule has 0 spiro atoms. The average molecular weight is 471 g/mol. The summed E-state index contributed by atoms with van der Waals surface area (Å²) < 4.78 is 24.5. The third-order valence-electron chi connectivity index (χ3n) is 5.33. The number of hydrogen-bond acceptors (Lipinski definition) is 5. The number of rotatable bonds is 12. The Bertz CT molecular complexity index is 1040. The zero-order chi connectivity index (χ0) is 22.8. The molecule has 0 heterocycles. The Morgan fingerprint density at radius 1 is 0.938 bits per heavy atom. The number of hydrogen-bond donors (Lipinski definition) is 0. The molecule has 3 rings (SSSR count). The summed E-state index contributed by atoms with van der Waals surface area (Å²) in [6.45, 7) is 4.27. The zero-order valence-corrected chi connectivity index (χ0v) is 20.5. The van der Waals surface area contributed by atoms with E-state index < -0.39 is 19.4 Å². The Morgan fingerprint density at radius 2 is 1.66 bits per heavy atom. The molecule has 4 nitrogen and oxygen atoms in total. The van der Waals surface area contributed by atoms with Crippen LogP contribution in [0.5, 0.6) is 0 Å². The van der Waals surface area contributed by atoms with E-state index >= 15 is 0 Å². The predicted molar refractivity (Wildman–Crippen MR) is 134 cm³/mol. The van der Waals surface area contributed by atoms with E-state index in [2.05, 4.69) is 30.3 Å². The molecule has 0 N–H and O–H groups in total. The summed E-state index contributed by atoms with van der Waals surface area (Å²) in [7, 11) is -2.10. The third kappa shape index (κ3) is 6.71. The van der Waals surface area contributed by atoms with E-state index in [1.807, 2.05) is 49.4 Å². The van der Waals surface area contributed by atoms with E-state index in [9.17, 15) is 9.36 Å². The van der Waals surface area contributed by atoms with E-state index in [0.29, 0.717) is 24.9 Å². The van der Waals surface area contributed by atoms with Crippen molar-refractivity contribution < 1.29 is 18.8 Å². The lowest BCUT2D eigenvalue weighted by molar-refractivity contribution is -0.169. The molecular formula is C26H31O4PS. The van der Waals surface area contributed by atoms with Crippen molar-refractivity contribution >= 4 is 36.3 Å². The topological polar surface area (TPSA) is 52.6 Å². The highest BCUT2D eigenvalue weighted by Crippen LogP contribution is 2.38. The summed E-state index contributed by atoms with van der Waals surface area (Å²) in [5.41, 5.74) is 0.398. The van der Waals surface area contributed by atoms with Crippen molar-refractivity contribution in [1.82, 2.24) is 0 Å². The van der Waals surface area contributed by atoms with Crippen molar-refractivity contribution in [3.8, 4) is 0 Å². The minimum absolute atomic E-state index is 0.192. The van der Waals surface area contributed by atoms with E-state index in [0.717, 1.165) is 15.8 Å². The SMILES string of the molecule is CCOC(=O)C(CCc1ccccc1)(C[PH](=O)CSc1ccc2ccccc2c1)OCC. The third-order valence-corrected chi connectivity index (χ3v) is 8.75. The van der Waals surface area contributed by atoms with Crippen LogP contribution in [0, 0.1) is 0 Å². The second kappa shape index (κ2) is 12.2. The Hall–Kier alpha value is -2.07. The number of benzene rings is 3. The van der Waals surface area contributed by atoms with Crippen LogP contribution in [0.4, 0.5) is 0 Å². The number of thioether (sulfide) groups is 1. The van der Waals surface area contributed by atoms with Crippen LogP contribution >= 0.6 is 19.6 Å². The Morgan fingerprint density at radius 3 is 2.38 bits per heavy atom. The number of aryl methyl sites for hydroxylation is 1. The highest BCUT2D eigenvalue weighted by Gasteiger charge is 2.42. The molecule has 0 bridgehead atoms. The van der Waals surface area contributed by atoms with Gasteiger partial charge < -0.3 is 14.0 Å². The molecule has 0 aliphatic heterocycles. The fourth-order valence-corrected chi connectivity index (χ4v) is 6.92. The first-order valence-corrected chi connectivity index (χ1v) is 13.9. The highest BCUT2D eigenvalue weighted by molar-refractivity contribution is 8.03. The standard InChI is InChI=1S/C26H31O4PS/c1-3-29-25(27)26(30-4-2,17-16-21-10-6-5-7-11-21)19-31(28)20-32-24-15-14-22-12-8-9-13-23(22)18-24/h5-15,18,31H,3-4,16-17,19-20H2,1-2H3. The molecule has 170 valence electrons. The van der Waals surface area contributed by atoms with Crippen molar-refractivity contribution in [2.24, 2.45) is 0 Å². The van der Waals surface area contributed by atoms with Gasteiger partial charge in [-0.1, -0.05) is 60.7 Å². The van der Waals surface area contributed by atoms with Gasteiger partial charge in [-0.05, 0) is 55.2 Å². The largest absolute Gasteiger partial charge is 0.464 e. The molecule has 6 heteroatoms.